The molecule has 0 heterocycles. The van der Waals surface area contributed by atoms with Crippen LogP contribution in [0.15, 0.2) is 54.6 Å². The molecule has 0 aromatic heterocycles. The molecular formula is C19H22ClNO2. The Labute approximate surface area is 142 Å². The van der Waals surface area contributed by atoms with E-state index >= 15 is 0 Å². The number of nitrogens with one attached hydrogen (secondary N) is 1. The Morgan fingerprint density at radius 3 is 2.26 bits per heavy atom. The average molecular weight is 332 g/mol. The van der Waals surface area contributed by atoms with Crippen molar-refractivity contribution in [2.24, 2.45) is 0 Å². The highest BCUT2D eigenvalue weighted by molar-refractivity contribution is 6.30. The van der Waals surface area contributed by atoms with Crippen LogP contribution in [0.4, 0.5) is 0 Å². The van der Waals surface area contributed by atoms with E-state index in [1.165, 1.54) is 0 Å². The minimum Gasteiger partial charge on any atom is -0.480 e. The lowest BCUT2D eigenvalue weighted by atomic mass is 9.93. The first-order valence-electron chi connectivity index (χ1n) is 7.75. The molecule has 0 saturated carbocycles. The minimum absolute atomic E-state index is 0.0287. The van der Waals surface area contributed by atoms with Crippen molar-refractivity contribution in [3.05, 3.63) is 70.7 Å². The number of halogens is 1. The molecule has 0 amide bonds. The summed E-state index contributed by atoms with van der Waals surface area (Å²) in [7, 11) is 0. The van der Waals surface area contributed by atoms with E-state index in [4.69, 9.17) is 11.6 Å². The normalized spacial score (nSPS) is 14.9. The molecule has 0 saturated heterocycles. The molecule has 2 aromatic rings. The smallest absolute Gasteiger partial charge is 0.321 e. The van der Waals surface area contributed by atoms with Gasteiger partial charge in [-0.1, -0.05) is 61.0 Å². The molecule has 0 spiro atoms. The van der Waals surface area contributed by atoms with Gasteiger partial charge in [0.25, 0.3) is 0 Å². The summed E-state index contributed by atoms with van der Waals surface area (Å²) in [4.78, 5) is 11.6. The van der Waals surface area contributed by atoms with Crippen molar-refractivity contribution in [2.45, 2.75) is 38.3 Å². The Hall–Kier alpha value is -1.84. The van der Waals surface area contributed by atoms with Gasteiger partial charge in [-0.05, 0) is 42.5 Å². The highest BCUT2D eigenvalue weighted by Crippen LogP contribution is 2.21. The molecule has 0 bridgehead atoms. The van der Waals surface area contributed by atoms with Gasteiger partial charge in [0.05, 0.1) is 0 Å². The molecule has 2 aromatic carbocycles. The fourth-order valence-electron chi connectivity index (χ4n) is 2.58. The molecule has 3 nitrogen and oxygen atoms in total. The van der Waals surface area contributed by atoms with Crippen molar-refractivity contribution >= 4 is 17.6 Å². The van der Waals surface area contributed by atoms with Crippen molar-refractivity contribution in [1.82, 2.24) is 5.32 Å². The van der Waals surface area contributed by atoms with Crippen molar-refractivity contribution < 1.29 is 9.90 Å². The van der Waals surface area contributed by atoms with E-state index in [9.17, 15) is 9.90 Å². The third-order valence-corrected chi connectivity index (χ3v) is 4.44. The highest BCUT2D eigenvalue weighted by atomic mass is 35.5. The summed E-state index contributed by atoms with van der Waals surface area (Å²) in [5.74, 6) is -0.645. The molecule has 3 atom stereocenters. The monoisotopic (exact) mass is 331 g/mol. The number of rotatable bonds is 7. The van der Waals surface area contributed by atoms with Crippen LogP contribution in [-0.2, 0) is 11.2 Å². The summed E-state index contributed by atoms with van der Waals surface area (Å²) < 4.78 is 0. The second-order valence-corrected chi connectivity index (χ2v) is 6.31. The molecule has 0 aliphatic rings. The molecule has 122 valence electrons. The van der Waals surface area contributed by atoms with E-state index in [1.54, 1.807) is 0 Å². The molecule has 2 unspecified atom stereocenters. The third-order valence-electron chi connectivity index (χ3n) is 4.19. The number of hydrogen-bond acceptors (Lipinski definition) is 2. The first-order valence-corrected chi connectivity index (χ1v) is 8.13. The van der Waals surface area contributed by atoms with E-state index in [-0.39, 0.29) is 12.0 Å². The van der Waals surface area contributed by atoms with Crippen LogP contribution in [-0.4, -0.2) is 23.2 Å². The summed E-state index contributed by atoms with van der Waals surface area (Å²) in [6.45, 7) is 4.10. The molecule has 0 fully saturated rings. The molecule has 2 N–H and O–H groups in total. The van der Waals surface area contributed by atoms with Gasteiger partial charge in [0.2, 0.25) is 0 Å². The van der Waals surface area contributed by atoms with Gasteiger partial charge < -0.3 is 10.4 Å². The van der Waals surface area contributed by atoms with Gasteiger partial charge in [-0.15, -0.1) is 0 Å². The first-order chi connectivity index (χ1) is 11.0. The molecule has 4 heteroatoms. The van der Waals surface area contributed by atoms with E-state index in [2.05, 4.69) is 12.2 Å². The van der Waals surface area contributed by atoms with Gasteiger partial charge >= 0.3 is 5.97 Å². The lowest BCUT2D eigenvalue weighted by Crippen LogP contribution is -2.45. The largest absolute Gasteiger partial charge is 0.480 e. The SMILES string of the molecule is CC(N[C@H](Cc1ccccc1)C(=O)O)C(C)c1ccc(Cl)cc1. The van der Waals surface area contributed by atoms with Gasteiger partial charge in [0, 0.05) is 11.1 Å². The predicted molar refractivity (Wildman–Crippen MR) is 94.0 cm³/mol. The van der Waals surface area contributed by atoms with Crippen LogP contribution in [0.5, 0.6) is 0 Å². The Balaban J connectivity index is 2.04. The fourth-order valence-corrected chi connectivity index (χ4v) is 2.71. The Kier molecular flexibility index (Phi) is 6.20. The molecule has 0 radical (unpaired) electrons. The number of aliphatic carboxylic acids is 1. The van der Waals surface area contributed by atoms with E-state index in [0.29, 0.717) is 11.4 Å². The van der Waals surface area contributed by atoms with Crippen molar-refractivity contribution in [1.29, 1.82) is 0 Å². The zero-order chi connectivity index (χ0) is 16.8. The molecule has 23 heavy (non-hydrogen) atoms. The predicted octanol–water partition coefficient (Wildman–Crippen LogP) is 4.12. The van der Waals surface area contributed by atoms with Gasteiger partial charge in [0.1, 0.15) is 6.04 Å². The second kappa shape index (κ2) is 8.14. The highest BCUT2D eigenvalue weighted by Gasteiger charge is 2.23. The van der Waals surface area contributed by atoms with E-state index in [1.807, 2.05) is 61.5 Å². The number of benzene rings is 2. The molecule has 2 rings (SSSR count). The van der Waals surface area contributed by atoms with Crippen molar-refractivity contribution in [3.63, 3.8) is 0 Å². The summed E-state index contributed by atoms with van der Waals surface area (Å²) in [5, 5.41) is 13.4. The second-order valence-electron chi connectivity index (χ2n) is 5.88. The van der Waals surface area contributed by atoms with E-state index < -0.39 is 12.0 Å². The number of carboxylic acids is 1. The standard InChI is InChI=1S/C19H22ClNO2/c1-13(16-8-10-17(20)11-9-16)14(2)21-18(19(22)23)12-15-6-4-3-5-7-15/h3-11,13-14,18,21H,12H2,1-2H3,(H,22,23)/t13?,14?,18-/m1/s1. The van der Waals surface area contributed by atoms with Gasteiger partial charge in [-0.25, -0.2) is 0 Å². The minimum atomic E-state index is -0.830. The number of hydrogen-bond donors (Lipinski definition) is 2. The third kappa shape index (κ3) is 5.08. The van der Waals surface area contributed by atoms with Crippen LogP contribution in [0.3, 0.4) is 0 Å². The van der Waals surface area contributed by atoms with Crippen LogP contribution in [0.1, 0.15) is 30.9 Å². The zero-order valence-corrected chi connectivity index (χ0v) is 14.1. The summed E-state index contributed by atoms with van der Waals surface area (Å²) in [6, 6.07) is 16.8. The van der Waals surface area contributed by atoms with Crippen LogP contribution in [0.2, 0.25) is 5.02 Å². The number of carbonyl (C=O) groups is 1. The first kappa shape index (κ1) is 17.5. The summed E-state index contributed by atoms with van der Waals surface area (Å²) in [6.07, 6.45) is 0.466. The Morgan fingerprint density at radius 1 is 1.09 bits per heavy atom. The van der Waals surface area contributed by atoms with Crippen molar-refractivity contribution in [2.75, 3.05) is 0 Å². The van der Waals surface area contributed by atoms with Crippen LogP contribution in [0.25, 0.3) is 0 Å². The summed E-state index contributed by atoms with van der Waals surface area (Å²) >= 11 is 5.92. The van der Waals surface area contributed by atoms with Gasteiger partial charge in [-0.3, -0.25) is 4.79 Å². The average Bonchev–Trinajstić information content (AvgIpc) is 2.55. The molecular weight excluding hydrogens is 310 g/mol. The quantitative estimate of drug-likeness (QED) is 0.802. The van der Waals surface area contributed by atoms with E-state index in [0.717, 1.165) is 11.1 Å². The topological polar surface area (TPSA) is 49.3 Å². The maximum absolute atomic E-state index is 11.6. The maximum Gasteiger partial charge on any atom is 0.321 e. The van der Waals surface area contributed by atoms with Crippen LogP contribution in [0, 0.1) is 0 Å². The van der Waals surface area contributed by atoms with Gasteiger partial charge in [-0.2, -0.15) is 0 Å². The fraction of sp³-hybridized carbons (Fsp3) is 0.316. The van der Waals surface area contributed by atoms with Crippen LogP contribution >= 0.6 is 11.6 Å². The lowest BCUT2D eigenvalue weighted by molar-refractivity contribution is -0.139. The Bertz CT molecular complexity index is 628. The lowest BCUT2D eigenvalue weighted by Gasteiger charge is -2.26. The zero-order valence-electron chi connectivity index (χ0n) is 13.4. The molecule has 0 aliphatic carbocycles. The summed E-state index contributed by atoms with van der Waals surface area (Å²) in [5.41, 5.74) is 2.15. The number of carboxylic acid groups (broad SMARTS) is 1. The molecule has 0 aliphatic heterocycles. The van der Waals surface area contributed by atoms with Gasteiger partial charge in [0.15, 0.2) is 0 Å². The Morgan fingerprint density at radius 2 is 1.70 bits per heavy atom. The maximum atomic E-state index is 11.6. The van der Waals surface area contributed by atoms with Crippen LogP contribution < -0.4 is 5.32 Å². The van der Waals surface area contributed by atoms with Crippen molar-refractivity contribution in [3.8, 4) is 0 Å².